The molecule has 1 N–H and O–H groups in total. The van der Waals surface area contributed by atoms with Crippen molar-refractivity contribution in [3.63, 3.8) is 0 Å². The minimum absolute atomic E-state index is 0.0363. The van der Waals surface area contributed by atoms with Crippen molar-refractivity contribution in [3.05, 3.63) is 70.8 Å². The molecule has 0 fully saturated rings. The van der Waals surface area contributed by atoms with Crippen molar-refractivity contribution in [1.82, 2.24) is 14.3 Å². The molecule has 2 heterocycles. The van der Waals surface area contributed by atoms with Crippen molar-refractivity contribution in [2.24, 2.45) is 13.0 Å². The summed E-state index contributed by atoms with van der Waals surface area (Å²) in [5, 5.41) is 6.82. The van der Waals surface area contributed by atoms with Crippen molar-refractivity contribution in [2.75, 3.05) is 5.32 Å². The number of hydrogen-bond acceptors (Lipinski definition) is 4. The van der Waals surface area contributed by atoms with Gasteiger partial charge in [0.25, 0.3) is 5.56 Å². The van der Waals surface area contributed by atoms with E-state index in [0.717, 1.165) is 24.3 Å². The number of nitrogens with one attached hydrogen (secondary N) is 1. The van der Waals surface area contributed by atoms with E-state index in [1.165, 1.54) is 16.8 Å². The summed E-state index contributed by atoms with van der Waals surface area (Å²) in [5.41, 5.74) is -0.508. The van der Waals surface area contributed by atoms with Gasteiger partial charge in [-0.05, 0) is 30.5 Å². The second-order valence-corrected chi connectivity index (χ2v) is 7.29. The quantitative estimate of drug-likeness (QED) is 0.634. The molecular formula is C21H22F2N4O3. The number of pyridine rings is 1. The van der Waals surface area contributed by atoms with Crippen LogP contribution < -0.4 is 15.6 Å². The van der Waals surface area contributed by atoms with Gasteiger partial charge in [0.15, 0.2) is 17.4 Å². The zero-order valence-corrected chi connectivity index (χ0v) is 16.8. The van der Waals surface area contributed by atoms with E-state index in [1.807, 2.05) is 13.8 Å². The van der Waals surface area contributed by atoms with Gasteiger partial charge in [0.05, 0.1) is 0 Å². The third kappa shape index (κ3) is 5.11. The predicted molar refractivity (Wildman–Crippen MR) is 107 cm³/mol. The first-order valence-electron chi connectivity index (χ1n) is 9.38. The van der Waals surface area contributed by atoms with Crippen molar-refractivity contribution < 1.29 is 18.3 Å². The number of hydrogen-bond donors (Lipinski definition) is 1. The number of carbonyl (C=O) groups is 1. The highest BCUT2D eigenvalue weighted by Gasteiger charge is 2.23. The fraction of sp³-hybridized carbons (Fsp3) is 0.286. The molecule has 1 aromatic carbocycles. The number of aryl methyl sites for hydroxylation is 1. The zero-order valence-electron chi connectivity index (χ0n) is 16.8. The monoisotopic (exact) mass is 416 g/mol. The fourth-order valence-electron chi connectivity index (χ4n) is 2.96. The van der Waals surface area contributed by atoms with Crippen molar-refractivity contribution in [2.45, 2.75) is 26.3 Å². The molecule has 3 rings (SSSR count). The molecule has 30 heavy (non-hydrogen) atoms. The minimum Gasteiger partial charge on any atom is -0.454 e. The molecule has 0 aliphatic carbocycles. The second-order valence-electron chi connectivity index (χ2n) is 7.29. The van der Waals surface area contributed by atoms with E-state index < -0.39 is 23.2 Å². The van der Waals surface area contributed by atoms with Crippen LogP contribution in [0.15, 0.2) is 53.6 Å². The van der Waals surface area contributed by atoms with Crippen LogP contribution in [-0.2, 0) is 11.8 Å². The molecule has 0 spiro atoms. The summed E-state index contributed by atoms with van der Waals surface area (Å²) in [6.07, 6.45) is 3.51. The van der Waals surface area contributed by atoms with Crippen molar-refractivity contribution in [3.8, 4) is 11.5 Å². The average Bonchev–Trinajstić information content (AvgIpc) is 3.08. The van der Waals surface area contributed by atoms with Crippen LogP contribution in [0, 0.1) is 17.6 Å². The standard InChI is InChI=1S/C21H22F2N4O3/c1-13(2)10-17(21(29)24-19-7-8-26(3)25-19)27-9-6-15(12-20(27)28)30-18-11-14(22)4-5-16(18)23/h4-9,11-13,17H,10H2,1-3H3,(H,24,25,29). The molecule has 0 aliphatic rings. The number of nitrogens with zero attached hydrogens (tertiary/aromatic N) is 3. The molecule has 9 heteroatoms. The third-order valence-corrected chi connectivity index (χ3v) is 4.34. The number of anilines is 1. The van der Waals surface area contributed by atoms with E-state index in [9.17, 15) is 18.4 Å². The third-order valence-electron chi connectivity index (χ3n) is 4.34. The lowest BCUT2D eigenvalue weighted by Gasteiger charge is -2.21. The van der Waals surface area contributed by atoms with Crippen LogP contribution in [0.2, 0.25) is 0 Å². The molecule has 0 bridgehead atoms. The van der Waals surface area contributed by atoms with Gasteiger partial charge in [0.2, 0.25) is 5.91 Å². The van der Waals surface area contributed by atoms with E-state index in [2.05, 4.69) is 10.4 Å². The Hall–Kier alpha value is -3.49. The molecule has 0 radical (unpaired) electrons. The molecule has 2 aromatic heterocycles. The van der Waals surface area contributed by atoms with E-state index >= 15 is 0 Å². The van der Waals surface area contributed by atoms with Gasteiger partial charge in [-0.1, -0.05) is 13.8 Å². The summed E-state index contributed by atoms with van der Waals surface area (Å²) < 4.78 is 35.3. The number of ether oxygens (including phenoxy) is 1. The molecule has 3 aromatic rings. The van der Waals surface area contributed by atoms with E-state index in [1.54, 1.807) is 24.0 Å². The van der Waals surface area contributed by atoms with Gasteiger partial charge in [-0.25, -0.2) is 8.78 Å². The number of carbonyl (C=O) groups excluding carboxylic acids is 1. The predicted octanol–water partition coefficient (Wildman–Crippen LogP) is 3.88. The van der Waals surface area contributed by atoms with Crippen molar-refractivity contribution in [1.29, 1.82) is 0 Å². The largest absolute Gasteiger partial charge is 0.454 e. The van der Waals surface area contributed by atoms with Gasteiger partial charge in [-0.2, -0.15) is 5.10 Å². The maximum Gasteiger partial charge on any atom is 0.254 e. The minimum atomic E-state index is -0.778. The summed E-state index contributed by atoms with van der Waals surface area (Å²) in [7, 11) is 1.73. The fourth-order valence-corrected chi connectivity index (χ4v) is 2.96. The Labute approximate surface area is 171 Å². The van der Waals surface area contributed by atoms with E-state index in [0.29, 0.717) is 12.2 Å². The lowest BCUT2D eigenvalue weighted by Crippen LogP contribution is -2.33. The molecule has 0 saturated heterocycles. The second kappa shape index (κ2) is 8.89. The number of halogens is 2. The summed E-state index contributed by atoms with van der Waals surface area (Å²) in [6, 6.07) is 6.22. The van der Waals surface area contributed by atoms with E-state index in [4.69, 9.17) is 4.74 Å². The summed E-state index contributed by atoms with van der Waals surface area (Å²) in [5.74, 6) is -1.59. The Morgan fingerprint density at radius 2 is 1.93 bits per heavy atom. The topological polar surface area (TPSA) is 78.2 Å². The van der Waals surface area contributed by atoms with Crippen LogP contribution in [0.25, 0.3) is 0 Å². The van der Waals surface area contributed by atoms with Gasteiger partial charge >= 0.3 is 0 Å². The number of benzene rings is 1. The summed E-state index contributed by atoms with van der Waals surface area (Å²) >= 11 is 0. The molecule has 1 atom stereocenters. The first-order chi connectivity index (χ1) is 14.2. The molecule has 1 unspecified atom stereocenters. The van der Waals surface area contributed by atoms with Crippen LogP contribution in [0.3, 0.4) is 0 Å². The number of rotatable bonds is 7. The van der Waals surface area contributed by atoms with Gasteiger partial charge < -0.3 is 14.6 Å². The average molecular weight is 416 g/mol. The lowest BCUT2D eigenvalue weighted by molar-refractivity contribution is -0.119. The zero-order chi connectivity index (χ0) is 21.8. The molecule has 158 valence electrons. The van der Waals surface area contributed by atoms with Crippen LogP contribution in [0.4, 0.5) is 14.6 Å². The SMILES string of the molecule is CC(C)CC(C(=O)Nc1ccn(C)n1)n1ccc(Oc2cc(F)ccc2F)cc1=O. The highest BCUT2D eigenvalue weighted by Crippen LogP contribution is 2.25. The summed E-state index contributed by atoms with van der Waals surface area (Å²) in [6.45, 7) is 3.88. The van der Waals surface area contributed by atoms with Gasteiger partial charge in [-0.3, -0.25) is 14.3 Å². The molecule has 0 aliphatic heterocycles. The Morgan fingerprint density at radius 3 is 2.57 bits per heavy atom. The van der Waals surface area contributed by atoms with Gasteiger partial charge in [0, 0.05) is 37.6 Å². The first kappa shape index (κ1) is 21.2. The van der Waals surface area contributed by atoms with Crippen LogP contribution in [-0.4, -0.2) is 20.3 Å². The maximum atomic E-state index is 13.8. The Morgan fingerprint density at radius 1 is 1.17 bits per heavy atom. The Balaban J connectivity index is 1.85. The molecule has 0 saturated carbocycles. The Bertz CT molecular complexity index is 1110. The van der Waals surface area contributed by atoms with Gasteiger partial charge in [0.1, 0.15) is 17.6 Å². The number of amides is 1. The first-order valence-corrected chi connectivity index (χ1v) is 9.38. The molecular weight excluding hydrogens is 394 g/mol. The van der Waals surface area contributed by atoms with Crippen molar-refractivity contribution >= 4 is 11.7 Å². The van der Waals surface area contributed by atoms with Crippen LogP contribution in [0.5, 0.6) is 11.5 Å². The van der Waals surface area contributed by atoms with Gasteiger partial charge in [-0.15, -0.1) is 0 Å². The molecule has 7 nitrogen and oxygen atoms in total. The van der Waals surface area contributed by atoms with Crippen LogP contribution in [0.1, 0.15) is 26.3 Å². The maximum absolute atomic E-state index is 13.8. The highest BCUT2D eigenvalue weighted by atomic mass is 19.1. The van der Waals surface area contributed by atoms with Crippen LogP contribution >= 0.6 is 0 Å². The van der Waals surface area contributed by atoms with E-state index in [-0.39, 0.29) is 23.3 Å². The summed E-state index contributed by atoms with van der Waals surface area (Å²) in [4.78, 5) is 25.5. The smallest absolute Gasteiger partial charge is 0.254 e. The highest BCUT2D eigenvalue weighted by molar-refractivity contribution is 5.92. The molecule has 1 amide bonds. The lowest BCUT2D eigenvalue weighted by atomic mass is 10.0. The number of aromatic nitrogens is 3. The Kier molecular flexibility index (Phi) is 6.29. The normalized spacial score (nSPS) is 12.1.